The minimum Gasteiger partial charge on any atom is -0.205 e. The van der Waals surface area contributed by atoms with E-state index in [1.807, 2.05) is 0 Å². The molecule has 0 aliphatic rings. The topological polar surface area (TPSA) is 0 Å². The van der Waals surface area contributed by atoms with Gasteiger partial charge in [0.25, 0.3) is 0 Å². The number of rotatable bonds is 2. The second-order valence-electron chi connectivity index (χ2n) is 2.34. The minimum absolute atomic E-state index is 0.0961. The second kappa shape index (κ2) is 3.92. The summed E-state index contributed by atoms with van der Waals surface area (Å²) in [4.78, 5) is 0. The zero-order chi connectivity index (χ0) is 9.14. The first-order chi connectivity index (χ1) is 5.66. The molecule has 0 bridgehead atoms. The third-order valence-corrected chi connectivity index (χ3v) is 2.11. The molecule has 0 heterocycles. The average molecular weight is 205 g/mol. The number of allylic oxidation sites excluding steroid dienone is 1. The predicted octanol–water partition coefficient (Wildman–Crippen LogP) is 3.73. The van der Waals surface area contributed by atoms with Crippen LogP contribution >= 0.6 is 23.2 Å². The van der Waals surface area contributed by atoms with Gasteiger partial charge in [-0.3, -0.25) is 0 Å². The summed E-state index contributed by atoms with van der Waals surface area (Å²) in [5, 5.41) is 0.0961. The van der Waals surface area contributed by atoms with Crippen LogP contribution in [0.3, 0.4) is 0 Å². The molecule has 0 radical (unpaired) electrons. The highest BCUT2D eigenvalue weighted by Crippen LogP contribution is 2.23. The molecule has 0 spiro atoms. The standard InChI is InChI=1S/C9H7Cl2F/c1-6(5-10)7-3-2-4-8(11)9(7)12/h2-4H,1,5H2. The molecular formula is C9H7Cl2F. The molecule has 3 heteroatoms. The molecule has 0 aliphatic heterocycles. The average Bonchev–Trinajstić information content (AvgIpc) is 2.08. The molecule has 1 aromatic rings. The lowest BCUT2D eigenvalue weighted by molar-refractivity contribution is 0.624. The van der Waals surface area contributed by atoms with E-state index in [1.54, 1.807) is 12.1 Å². The van der Waals surface area contributed by atoms with Crippen molar-refractivity contribution in [2.24, 2.45) is 0 Å². The molecule has 64 valence electrons. The van der Waals surface area contributed by atoms with E-state index >= 15 is 0 Å². The van der Waals surface area contributed by atoms with Crippen molar-refractivity contribution in [3.63, 3.8) is 0 Å². The number of benzene rings is 1. The monoisotopic (exact) mass is 204 g/mol. The first kappa shape index (κ1) is 9.56. The molecule has 0 unspecified atom stereocenters. The lowest BCUT2D eigenvalue weighted by atomic mass is 10.1. The summed E-state index contributed by atoms with van der Waals surface area (Å²) < 4.78 is 13.2. The van der Waals surface area contributed by atoms with Crippen LogP contribution in [-0.2, 0) is 0 Å². The molecule has 12 heavy (non-hydrogen) atoms. The summed E-state index contributed by atoms with van der Waals surface area (Å²) in [6.45, 7) is 3.61. The van der Waals surface area contributed by atoms with Crippen molar-refractivity contribution in [3.05, 3.63) is 41.2 Å². The third-order valence-electron chi connectivity index (χ3n) is 1.49. The van der Waals surface area contributed by atoms with E-state index in [-0.39, 0.29) is 10.9 Å². The first-order valence-corrected chi connectivity index (χ1v) is 4.26. The van der Waals surface area contributed by atoms with Crippen LogP contribution in [0.2, 0.25) is 5.02 Å². The smallest absolute Gasteiger partial charge is 0.149 e. The van der Waals surface area contributed by atoms with Gasteiger partial charge in [0.1, 0.15) is 5.82 Å². The molecule has 0 N–H and O–H groups in total. The summed E-state index contributed by atoms with van der Waals surface area (Å²) >= 11 is 11.1. The van der Waals surface area contributed by atoms with E-state index < -0.39 is 5.82 Å². The van der Waals surface area contributed by atoms with Crippen LogP contribution in [0.25, 0.3) is 5.57 Å². The maximum absolute atomic E-state index is 13.2. The Hall–Kier alpha value is -0.530. The fourth-order valence-electron chi connectivity index (χ4n) is 0.849. The highest BCUT2D eigenvalue weighted by atomic mass is 35.5. The number of hydrogen-bond donors (Lipinski definition) is 0. The Labute approximate surface area is 80.6 Å². The molecule has 0 aliphatic carbocycles. The molecular weight excluding hydrogens is 198 g/mol. The third kappa shape index (κ3) is 1.79. The zero-order valence-corrected chi connectivity index (χ0v) is 7.79. The van der Waals surface area contributed by atoms with Crippen LogP contribution in [0.1, 0.15) is 5.56 Å². The molecule has 0 nitrogen and oxygen atoms in total. The summed E-state index contributed by atoms with van der Waals surface area (Å²) in [5.41, 5.74) is 0.925. The molecule has 1 aromatic carbocycles. The first-order valence-electron chi connectivity index (χ1n) is 3.35. The fourth-order valence-corrected chi connectivity index (χ4v) is 1.17. The van der Waals surface area contributed by atoms with Crippen molar-refractivity contribution in [3.8, 4) is 0 Å². The van der Waals surface area contributed by atoms with Crippen LogP contribution in [0.5, 0.6) is 0 Å². The van der Waals surface area contributed by atoms with Gasteiger partial charge in [-0.15, -0.1) is 11.6 Å². The second-order valence-corrected chi connectivity index (χ2v) is 3.01. The lowest BCUT2D eigenvalue weighted by Gasteiger charge is -2.03. The zero-order valence-electron chi connectivity index (χ0n) is 6.28. The Morgan fingerprint density at radius 1 is 1.50 bits per heavy atom. The van der Waals surface area contributed by atoms with E-state index in [1.165, 1.54) is 6.07 Å². The van der Waals surface area contributed by atoms with Crippen molar-refractivity contribution in [1.29, 1.82) is 0 Å². The maximum Gasteiger partial charge on any atom is 0.149 e. The number of halogens is 3. The molecule has 0 atom stereocenters. The van der Waals surface area contributed by atoms with Gasteiger partial charge in [-0.25, -0.2) is 4.39 Å². The number of hydrogen-bond acceptors (Lipinski definition) is 0. The van der Waals surface area contributed by atoms with Gasteiger partial charge in [0.15, 0.2) is 0 Å². The van der Waals surface area contributed by atoms with Crippen molar-refractivity contribution in [2.75, 3.05) is 5.88 Å². The van der Waals surface area contributed by atoms with E-state index in [4.69, 9.17) is 23.2 Å². The highest BCUT2D eigenvalue weighted by Gasteiger charge is 2.07. The highest BCUT2D eigenvalue weighted by molar-refractivity contribution is 6.31. The van der Waals surface area contributed by atoms with Gasteiger partial charge in [0.05, 0.1) is 5.02 Å². The molecule has 1 rings (SSSR count). The molecule has 0 saturated carbocycles. The quantitative estimate of drug-likeness (QED) is 0.645. The SMILES string of the molecule is C=C(CCl)c1cccc(Cl)c1F. The normalized spacial score (nSPS) is 9.92. The maximum atomic E-state index is 13.2. The lowest BCUT2D eigenvalue weighted by Crippen LogP contribution is -1.90. The molecule has 0 amide bonds. The fraction of sp³-hybridized carbons (Fsp3) is 0.111. The Balaban J connectivity index is 3.16. The summed E-state index contributed by atoms with van der Waals surface area (Å²) in [6, 6.07) is 4.76. The molecule has 0 fully saturated rings. The van der Waals surface area contributed by atoms with E-state index in [2.05, 4.69) is 6.58 Å². The molecule has 0 saturated heterocycles. The van der Waals surface area contributed by atoms with Crippen molar-refractivity contribution < 1.29 is 4.39 Å². The van der Waals surface area contributed by atoms with Gasteiger partial charge in [0, 0.05) is 11.4 Å². The van der Waals surface area contributed by atoms with Crippen LogP contribution in [0.15, 0.2) is 24.8 Å². The van der Waals surface area contributed by atoms with Crippen molar-refractivity contribution in [1.82, 2.24) is 0 Å². The Bertz CT molecular complexity index is 307. The van der Waals surface area contributed by atoms with E-state index in [0.29, 0.717) is 11.1 Å². The van der Waals surface area contributed by atoms with Crippen LogP contribution in [0, 0.1) is 5.82 Å². The van der Waals surface area contributed by atoms with Crippen LogP contribution in [-0.4, -0.2) is 5.88 Å². The van der Waals surface area contributed by atoms with Gasteiger partial charge in [0.2, 0.25) is 0 Å². The van der Waals surface area contributed by atoms with Crippen molar-refractivity contribution >= 4 is 28.8 Å². The van der Waals surface area contributed by atoms with E-state index in [9.17, 15) is 4.39 Å². The summed E-state index contributed by atoms with van der Waals surface area (Å²) in [5.74, 6) is -0.248. The minimum atomic E-state index is -0.454. The predicted molar refractivity (Wildman–Crippen MR) is 51.2 cm³/mol. The van der Waals surface area contributed by atoms with Gasteiger partial charge < -0.3 is 0 Å². The summed E-state index contributed by atoms with van der Waals surface area (Å²) in [7, 11) is 0. The van der Waals surface area contributed by atoms with Crippen LogP contribution < -0.4 is 0 Å². The van der Waals surface area contributed by atoms with Crippen molar-refractivity contribution in [2.45, 2.75) is 0 Å². The molecule has 0 aromatic heterocycles. The Kier molecular flexibility index (Phi) is 3.12. The van der Waals surface area contributed by atoms with Gasteiger partial charge in [-0.2, -0.15) is 0 Å². The van der Waals surface area contributed by atoms with Crippen LogP contribution in [0.4, 0.5) is 4.39 Å². The number of alkyl halides is 1. The van der Waals surface area contributed by atoms with E-state index in [0.717, 1.165) is 0 Å². The Morgan fingerprint density at radius 3 is 2.75 bits per heavy atom. The van der Waals surface area contributed by atoms with Gasteiger partial charge in [-0.1, -0.05) is 30.3 Å². The summed E-state index contributed by atoms with van der Waals surface area (Å²) in [6.07, 6.45) is 0. The largest absolute Gasteiger partial charge is 0.205 e. The Morgan fingerprint density at radius 2 is 2.17 bits per heavy atom. The van der Waals surface area contributed by atoms with Gasteiger partial charge in [-0.05, 0) is 11.6 Å². The van der Waals surface area contributed by atoms with Gasteiger partial charge >= 0.3 is 0 Å².